The lowest BCUT2D eigenvalue weighted by Crippen LogP contribution is -2.37. The number of rotatable bonds is 3. The van der Waals surface area contributed by atoms with Crippen LogP contribution < -0.4 is 10.2 Å². The van der Waals surface area contributed by atoms with Crippen molar-refractivity contribution in [1.82, 2.24) is 10.3 Å². The number of amides is 1. The molecule has 0 spiro atoms. The summed E-state index contributed by atoms with van der Waals surface area (Å²) in [6.07, 6.45) is 2.71. The fourth-order valence-electron chi connectivity index (χ4n) is 2.36. The third kappa shape index (κ3) is 3.39. The quantitative estimate of drug-likeness (QED) is 0.877. The van der Waals surface area contributed by atoms with E-state index in [-0.39, 0.29) is 11.9 Å². The number of thiazole rings is 1. The Kier molecular flexibility index (Phi) is 4.47. The molecule has 21 heavy (non-hydrogen) atoms. The Balaban J connectivity index is 1.65. The van der Waals surface area contributed by atoms with Gasteiger partial charge >= 0.3 is 0 Å². The molecule has 1 aromatic carbocycles. The van der Waals surface area contributed by atoms with Crippen molar-refractivity contribution in [2.45, 2.75) is 12.5 Å². The first-order chi connectivity index (χ1) is 10.1. The molecular formula is C14H13BrClN3OS. The van der Waals surface area contributed by atoms with Gasteiger partial charge in [-0.1, -0.05) is 27.5 Å². The van der Waals surface area contributed by atoms with Crippen LogP contribution in [0.3, 0.4) is 0 Å². The van der Waals surface area contributed by atoms with Crippen molar-refractivity contribution >= 4 is 49.9 Å². The Morgan fingerprint density at radius 1 is 1.52 bits per heavy atom. The molecule has 2 aromatic rings. The van der Waals surface area contributed by atoms with Crippen LogP contribution in [0.4, 0.5) is 5.13 Å². The molecule has 1 fully saturated rings. The van der Waals surface area contributed by atoms with Crippen LogP contribution >= 0.6 is 38.9 Å². The second-order valence-electron chi connectivity index (χ2n) is 4.84. The third-order valence-electron chi connectivity index (χ3n) is 3.39. The van der Waals surface area contributed by atoms with Crippen LogP contribution in [0.2, 0.25) is 5.02 Å². The Morgan fingerprint density at radius 3 is 3.14 bits per heavy atom. The largest absolute Gasteiger partial charge is 0.347 e. The molecule has 1 unspecified atom stereocenters. The molecule has 1 aliphatic rings. The van der Waals surface area contributed by atoms with E-state index >= 15 is 0 Å². The van der Waals surface area contributed by atoms with E-state index in [0.29, 0.717) is 10.6 Å². The zero-order valence-corrected chi connectivity index (χ0v) is 14.2. The first kappa shape index (κ1) is 14.8. The van der Waals surface area contributed by atoms with Crippen molar-refractivity contribution in [3.63, 3.8) is 0 Å². The SMILES string of the molecule is O=C(NC1CCN(c2nccs2)C1)c1cc(Br)ccc1Cl. The average molecular weight is 387 g/mol. The number of nitrogens with zero attached hydrogens (tertiary/aromatic N) is 2. The standard InChI is InChI=1S/C14H13BrClN3OS/c15-9-1-2-12(16)11(7-9)13(20)18-10-3-5-19(8-10)14-17-4-6-21-14/h1-2,4,6-7,10H,3,5,8H2,(H,18,20). The van der Waals surface area contributed by atoms with Gasteiger partial charge in [0, 0.05) is 35.2 Å². The number of aromatic nitrogens is 1. The normalized spacial score (nSPS) is 18.0. The predicted molar refractivity (Wildman–Crippen MR) is 89.4 cm³/mol. The molecule has 3 rings (SSSR count). The molecular weight excluding hydrogens is 374 g/mol. The third-order valence-corrected chi connectivity index (χ3v) is 5.04. The van der Waals surface area contributed by atoms with Crippen molar-refractivity contribution in [1.29, 1.82) is 0 Å². The number of carbonyl (C=O) groups excluding carboxylic acids is 1. The monoisotopic (exact) mass is 385 g/mol. The first-order valence-electron chi connectivity index (χ1n) is 6.54. The Bertz CT molecular complexity index is 650. The maximum atomic E-state index is 12.3. The molecule has 2 heterocycles. The van der Waals surface area contributed by atoms with Gasteiger partial charge in [-0.15, -0.1) is 11.3 Å². The van der Waals surface area contributed by atoms with Crippen LogP contribution in [-0.4, -0.2) is 30.0 Å². The summed E-state index contributed by atoms with van der Waals surface area (Å²) >= 11 is 11.1. The fourth-order valence-corrected chi connectivity index (χ4v) is 3.60. The summed E-state index contributed by atoms with van der Waals surface area (Å²) in [6, 6.07) is 5.40. The first-order valence-corrected chi connectivity index (χ1v) is 8.59. The molecule has 1 aliphatic heterocycles. The minimum absolute atomic E-state index is 0.122. The molecule has 110 valence electrons. The molecule has 7 heteroatoms. The van der Waals surface area contributed by atoms with Crippen LogP contribution in [0.25, 0.3) is 0 Å². The lowest BCUT2D eigenvalue weighted by molar-refractivity contribution is 0.0940. The van der Waals surface area contributed by atoms with E-state index in [1.807, 2.05) is 11.4 Å². The second kappa shape index (κ2) is 6.34. The van der Waals surface area contributed by atoms with Crippen LogP contribution in [0.15, 0.2) is 34.2 Å². The smallest absolute Gasteiger partial charge is 0.253 e. The van der Waals surface area contributed by atoms with Crippen molar-refractivity contribution in [3.8, 4) is 0 Å². The number of nitrogens with one attached hydrogen (secondary N) is 1. The number of anilines is 1. The summed E-state index contributed by atoms with van der Waals surface area (Å²) in [4.78, 5) is 18.8. The number of halogens is 2. The number of hydrogen-bond acceptors (Lipinski definition) is 4. The van der Waals surface area contributed by atoms with E-state index < -0.39 is 0 Å². The lowest BCUT2D eigenvalue weighted by Gasteiger charge is -2.16. The molecule has 0 radical (unpaired) electrons. The fraction of sp³-hybridized carbons (Fsp3) is 0.286. The molecule has 1 atom stereocenters. The lowest BCUT2D eigenvalue weighted by atomic mass is 10.2. The zero-order chi connectivity index (χ0) is 14.8. The van der Waals surface area contributed by atoms with Gasteiger partial charge < -0.3 is 10.2 Å². The molecule has 0 saturated carbocycles. The number of benzene rings is 1. The summed E-state index contributed by atoms with van der Waals surface area (Å²) in [5, 5.41) is 6.48. The molecule has 1 aromatic heterocycles. The Morgan fingerprint density at radius 2 is 2.38 bits per heavy atom. The summed E-state index contributed by atoms with van der Waals surface area (Å²) in [5.41, 5.74) is 0.499. The predicted octanol–water partition coefficient (Wildman–Crippen LogP) is 3.57. The topological polar surface area (TPSA) is 45.2 Å². The van der Waals surface area contributed by atoms with Gasteiger partial charge in [0.15, 0.2) is 5.13 Å². The Hall–Kier alpha value is -1.11. The van der Waals surface area contributed by atoms with Gasteiger partial charge in [0.25, 0.3) is 5.91 Å². The van der Waals surface area contributed by atoms with Gasteiger partial charge in [-0.3, -0.25) is 4.79 Å². The van der Waals surface area contributed by atoms with Crippen molar-refractivity contribution in [2.24, 2.45) is 0 Å². The molecule has 4 nitrogen and oxygen atoms in total. The van der Waals surface area contributed by atoms with Crippen molar-refractivity contribution < 1.29 is 4.79 Å². The maximum absolute atomic E-state index is 12.3. The van der Waals surface area contributed by atoms with E-state index in [0.717, 1.165) is 29.1 Å². The van der Waals surface area contributed by atoms with Gasteiger partial charge in [0.2, 0.25) is 0 Å². The number of hydrogen-bond donors (Lipinski definition) is 1. The second-order valence-corrected chi connectivity index (χ2v) is 7.04. The maximum Gasteiger partial charge on any atom is 0.253 e. The summed E-state index contributed by atoms with van der Waals surface area (Å²) in [5.74, 6) is -0.132. The van der Waals surface area contributed by atoms with Gasteiger partial charge in [0.1, 0.15) is 0 Å². The van der Waals surface area contributed by atoms with Crippen molar-refractivity contribution in [2.75, 3.05) is 18.0 Å². The molecule has 1 N–H and O–H groups in total. The average Bonchev–Trinajstić information content (AvgIpc) is 3.11. The minimum Gasteiger partial charge on any atom is -0.347 e. The van der Waals surface area contributed by atoms with Crippen LogP contribution in [0.1, 0.15) is 16.8 Å². The summed E-state index contributed by atoms with van der Waals surface area (Å²) < 4.78 is 0.841. The van der Waals surface area contributed by atoms with E-state index in [1.54, 1.807) is 29.7 Å². The van der Waals surface area contributed by atoms with Crippen LogP contribution in [0, 0.1) is 0 Å². The van der Waals surface area contributed by atoms with Gasteiger partial charge in [-0.05, 0) is 24.6 Å². The summed E-state index contributed by atoms with van der Waals surface area (Å²) in [6.45, 7) is 1.69. The number of carbonyl (C=O) groups is 1. The van der Waals surface area contributed by atoms with Crippen molar-refractivity contribution in [3.05, 3.63) is 44.8 Å². The molecule has 1 amide bonds. The minimum atomic E-state index is -0.132. The zero-order valence-electron chi connectivity index (χ0n) is 11.1. The van der Waals surface area contributed by atoms with Gasteiger partial charge in [0.05, 0.1) is 10.6 Å². The van der Waals surface area contributed by atoms with Crippen LogP contribution in [-0.2, 0) is 0 Å². The molecule has 1 saturated heterocycles. The highest BCUT2D eigenvalue weighted by atomic mass is 79.9. The van der Waals surface area contributed by atoms with E-state index in [9.17, 15) is 4.79 Å². The summed E-state index contributed by atoms with van der Waals surface area (Å²) in [7, 11) is 0. The van der Waals surface area contributed by atoms with E-state index in [2.05, 4.69) is 31.1 Å². The molecule has 0 aliphatic carbocycles. The van der Waals surface area contributed by atoms with Gasteiger partial charge in [-0.2, -0.15) is 0 Å². The highest BCUT2D eigenvalue weighted by molar-refractivity contribution is 9.10. The molecule has 0 bridgehead atoms. The highest BCUT2D eigenvalue weighted by Gasteiger charge is 2.26. The Labute approximate surface area is 140 Å². The van der Waals surface area contributed by atoms with Crippen LogP contribution in [0.5, 0.6) is 0 Å². The highest BCUT2D eigenvalue weighted by Crippen LogP contribution is 2.24. The van der Waals surface area contributed by atoms with E-state index in [4.69, 9.17) is 11.6 Å². The van der Waals surface area contributed by atoms with E-state index in [1.165, 1.54) is 0 Å². The van der Waals surface area contributed by atoms with Gasteiger partial charge in [-0.25, -0.2) is 4.98 Å².